The van der Waals surface area contributed by atoms with Gasteiger partial charge in [0.25, 0.3) is 0 Å². The van der Waals surface area contributed by atoms with E-state index >= 15 is 0 Å². The molecule has 0 saturated heterocycles. The highest BCUT2D eigenvalue weighted by Gasteiger charge is 2.16. The van der Waals surface area contributed by atoms with Gasteiger partial charge in [-0.25, -0.2) is 4.98 Å². The number of rotatable bonds is 6. The lowest BCUT2D eigenvalue weighted by Crippen LogP contribution is -2.21. The summed E-state index contributed by atoms with van der Waals surface area (Å²) in [4.78, 5) is 15.3. The second kappa shape index (κ2) is 6.54. The van der Waals surface area contributed by atoms with Crippen LogP contribution >= 0.6 is 0 Å². The number of nitrogens with zero attached hydrogens (tertiary/aromatic N) is 2. The minimum atomic E-state index is -1.02. The number of carbonyl (C=O) groups is 1. The predicted molar refractivity (Wildman–Crippen MR) is 66.0 cm³/mol. The van der Waals surface area contributed by atoms with Crippen LogP contribution in [0.3, 0.4) is 0 Å². The highest BCUT2D eigenvalue weighted by molar-refractivity contribution is 7.85. The molecule has 0 bridgehead atoms. The van der Waals surface area contributed by atoms with Gasteiger partial charge in [-0.05, 0) is 0 Å². The van der Waals surface area contributed by atoms with Crippen molar-refractivity contribution in [3.05, 3.63) is 18.2 Å². The molecule has 2 atom stereocenters. The molecule has 96 valence electrons. The minimum absolute atomic E-state index is 0.310. The van der Waals surface area contributed by atoms with Crippen LogP contribution < -0.4 is 0 Å². The van der Waals surface area contributed by atoms with Gasteiger partial charge in [0.15, 0.2) is 0 Å². The third-order valence-corrected chi connectivity index (χ3v) is 4.05. The molecule has 1 aromatic heterocycles. The molecule has 1 rings (SSSR count). The second-order valence-electron chi connectivity index (χ2n) is 3.94. The summed E-state index contributed by atoms with van der Waals surface area (Å²) in [5, 5.41) is 0. The van der Waals surface area contributed by atoms with E-state index in [1.54, 1.807) is 13.1 Å². The zero-order chi connectivity index (χ0) is 12.8. The maximum atomic E-state index is 11.7. The smallest absolute Gasteiger partial charge is 0.309 e. The molecule has 0 saturated carbocycles. The Bertz CT molecular complexity index is 403. The first-order chi connectivity index (χ1) is 8.04. The van der Waals surface area contributed by atoms with Crippen LogP contribution in [0.25, 0.3) is 0 Å². The van der Waals surface area contributed by atoms with E-state index in [1.807, 2.05) is 17.8 Å². The van der Waals surface area contributed by atoms with Crippen molar-refractivity contribution in [1.29, 1.82) is 0 Å². The average Bonchev–Trinajstić information content (AvgIpc) is 2.71. The number of esters is 1. The van der Waals surface area contributed by atoms with Crippen LogP contribution in [-0.4, -0.2) is 38.3 Å². The highest BCUT2D eigenvalue weighted by atomic mass is 32.2. The monoisotopic (exact) mass is 258 g/mol. The van der Waals surface area contributed by atoms with Crippen LogP contribution in [0.15, 0.2) is 12.4 Å². The van der Waals surface area contributed by atoms with Crippen molar-refractivity contribution in [3.63, 3.8) is 0 Å². The van der Waals surface area contributed by atoms with Crippen molar-refractivity contribution in [2.24, 2.45) is 13.0 Å². The topological polar surface area (TPSA) is 61.2 Å². The first kappa shape index (κ1) is 13.9. The maximum absolute atomic E-state index is 11.7. The Morgan fingerprint density at radius 1 is 1.65 bits per heavy atom. The summed E-state index contributed by atoms with van der Waals surface area (Å²) < 4.78 is 18.2. The molecule has 0 spiro atoms. The van der Waals surface area contributed by atoms with Gasteiger partial charge in [0.1, 0.15) is 5.82 Å². The van der Waals surface area contributed by atoms with Gasteiger partial charge in [0.2, 0.25) is 0 Å². The van der Waals surface area contributed by atoms with Gasteiger partial charge in [0.05, 0.1) is 13.0 Å². The van der Waals surface area contributed by atoms with E-state index in [9.17, 15) is 9.00 Å². The van der Waals surface area contributed by atoms with Crippen LogP contribution in [0.5, 0.6) is 0 Å². The molecular formula is C11H18N2O3S. The molecular weight excluding hydrogens is 240 g/mol. The summed E-state index contributed by atoms with van der Waals surface area (Å²) in [6.45, 7) is 1.73. The molecule has 0 radical (unpaired) electrons. The molecule has 5 nitrogen and oxygen atoms in total. The molecule has 1 aromatic rings. The van der Waals surface area contributed by atoms with Gasteiger partial charge in [-0.2, -0.15) is 0 Å². The standard InChI is InChI=1S/C11H18N2O3S/c1-9(11(14)16-3)8-17(15)7-4-10-12-5-6-13(10)2/h5-6,9H,4,7-8H2,1-3H3. The van der Waals surface area contributed by atoms with Crippen LogP contribution in [0.4, 0.5) is 0 Å². The van der Waals surface area contributed by atoms with E-state index in [0.717, 1.165) is 5.82 Å². The van der Waals surface area contributed by atoms with Gasteiger partial charge in [0, 0.05) is 48.2 Å². The SMILES string of the molecule is COC(=O)C(C)CS(=O)CCc1nccn1C. The Balaban J connectivity index is 2.36. The van der Waals surface area contributed by atoms with E-state index < -0.39 is 10.8 Å². The zero-order valence-corrected chi connectivity index (χ0v) is 11.2. The Morgan fingerprint density at radius 2 is 2.35 bits per heavy atom. The second-order valence-corrected chi connectivity index (χ2v) is 5.56. The van der Waals surface area contributed by atoms with Crippen LogP contribution in [0.1, 0.15) is 12.7 Å². The zero-order valence-electron chi connectivity index (χ0n) is 10.4. The van der Waals surface area contributed by atoms with E-state index in [2.05, 4.69) is 9.72 Å². The molecule has 0 aliphatic carbocycles. The number of hydrogen-bond donors (Lipinski definition) is 0. The molecule has 6 heteroatoms. The summed E-state index contributed by atoms with van der Waals surface area (Å²) in [5.41, 5.74) is 0. The van der Waals surface area contributed by atoms with Crippen molar-refractivity contribution in [2.75, 3.05) is 18.6 Å². The molecule has 2 unspecified atom stereocenters. The number of carbonyl (C=O) groups excluding carboxylic acids is 1. The fourth-order valence-electron chi connectivity index (χ4n) is 1.47. The van der Waals surface area contributed by atoms with Gasteiger partial charge in [-0.15, -0.1) is 0 Å². The van der Waals surface area contributed by atoms with Gasteiger partial charge in [-0.1, -0.05) is 6.92 Å². The maximum Gasteiger partial charge on any atom is 0.309 e. The van der Waals surface area contributed by atoms with E-state index in [4.69, 9.17) is 0 Å². The van der Waals surface area contributed by atoms with Crippen LogP contribution in [-0.2, 0) is 33.8 Å². The van der Waals surface area contributed by atoms with Crippen LogP contribution in [0, 0.1) is 5.92 Å². The van der Waals surface area contributed by atoms with Crippen molar-refractivity contribution < 1.29 is 13.7 Å². The van der Waals surface area contributed by atoms with E-state index in [1.165, 1.54) is 7.11 Å². The number of aromatic nitrogens is 2. The number of hydrogen-bond acceptors (Lipinski definition) is 4. The molecule has 17 heavy (non-hydrogen) atoms. The molecule has 0 fully saturated rings. The molecule has 1 heterocycles. The number of imidazole rings is 1. The largest absolute Gasteiger partial charge is 0.469 e. The van der Waals surface area contributed by atoms with Gasteiger partial charge < -0.3 is 9.30 Å². The minimum Gasteiger partial charge on any atom is -0.469 e. The molecule has 0 amide bonds. The summed E-state index contributed by atoms with van der Waals surface area (Å²) in [5.74, 6) is 1.14. The first-order valence-corrected chi connectivity index (χ1v) is 6.92. The summed E-state index contributed by atoms with van der Waals surface area (Å²) in [6, 6.07) is 0. The van der Waals surface area contributed by atoms with Gasteiger partial charge >= 0.3 is 5.97 Å². The van der Waals surface area contributed by atoms with Crippen molar-refractivity contribution >= 4 is 16.8 Å². The van der Waals surface area contributed by atoms with Crippen molar-refractivity contribution in [3.8, 4) is 0 Å². The summed E-state index contributed by atoms with van der Waals surface area (Å²) in [6.07, 6.45) is 4.23. The quantitative estimate of drug-likeness (QED) is 0.698. The fourth-order valence-corrected chi connectivity index (χ4v) is 2.74. The molecule has 0 aliphatic rings. The lowest BCUT2D eigenvalue weighted by molar-refractivity contribution is -0.144. The van der Waals surface area contributed by atoms with Gasteiger partial charge in [-0.3, -0.25) is 9.00 Å². The number of methoxy groups -OCH3 is 1. The number of ether oxygens (including phenoxy) is 1. The lowest BCUT2D eigenvalue weighted by Gasteiger charge is -2.08. The third kappa shape index (κ3) is 4.30. The normalized spacial score (nSPS) is 14.3. The Hall–Kier alpha value is -1.17. The Kier molecular flexibility index (Phi) is 5.34. The van der Waals surface area contributed by atoms with E-state index in [0.29, 0.717) is 17.9 Å². The lowest BCUT2D eigenvalue weighted by atomic mass is 10.2. The molecule has 0 aromatic carbocycles. The Labute approximate surface area is 104 Å². The molecule has 0 N–H and O–H groups in total. The Morgan fingerprint density at radius 3 is 2.88 bits per heavy atom. The summed E-state index contributed by atoms with van der Waals surface area (Å²) in [7, 11) is 2.23. The average molecular weight is 258 g/mol. The van der Waals surface area contributed by atoms with Crippen LogP contribution in [0.2, 0.25) is 0 Å². The predicted octanol–water partition coefficient (Wildman–Crippen LogP) is 0.520. The van der Waals surface area contributed by atoms with Crippen molar-refractivity contribution in [2.45, 2.75) is 13.3 Å². The number of aryl methyl sites for hydroxylation is 2. The summed E-state index contributed by atoms with van der Waals surface area (Å²) >= 11 is 0. The van der Waals surface area contributed by atoms with E-state index in [-0.39, 0.29) is 11.9 Å². The fraction of sp³-hybridized carbons (Fsp3) is 0.636. The highest BCUT2D eigenvalue weighted by Crippen LogP contribution is 2.03. The first-order valence-electron chi connectivity index (χ1n) is 5.43. The van der Waals surface area contributed by atoms with Crippen molar-refractivity contribution in [1.82, 2.24) is 9.55 Å². The third-order valence-electron chi connectivity index (χ3n) is 2.51. The molecule has 0 aliphatic heterocycles.